The van der Waals surface area contributed by atoms with E-state index in [2.05, 4.69) is 0 Å². The number of hydrogen-bond donors (Lipinski definition) is 2. The Kier molecular flexibility index (Phi) is 7.35. The van der Waals surface area contributed by atoms with Gasteiger partial charge < -0.3 is 19.3 Å². The van der Waals surface area contributed by atoms with E-state index in [1.807, 2.05) is 0 Å². The molecule has 0 saturated heterocycles. The molecule has 0 aromatic carbocycles. The van der Waals surface area contributed by atoms with Crippen LogP contribution in [-0.4, -0.2) is 48.1 Å². The molecule has 0 aromatic heterocycles. The third-order valence-electron chi connectivity index (χ3n) is 1.42. The van der Waals surface area contributed by atoms with Crippen LogP contribution in [0.5, 0.6) is 0 Å². The monoisotopic (exact) mass is 227 g/mol. The number of hydrogen-bond acceptors (Lipinski definition) is 6. The van der Waals surface area contributed by atoms with Crippen LogP contribution in [-0.2, 0) is 13.6 Å². The van der Waals surface area contributed by atoms with E-state index in [0.29, 0.717) is 0 Å². The zero-order valence-electron chi connectivity index (χ0n) is 8.55. The van der Waals surface area contributed by atoms with Crippen molar-refractivity contribution >= 4 is 7.60 Å². The summed E-state index contributed by atoms with van der Waals surface area (Å²) in [6.45, 7) is 3.16. The Morgan fingerprint density at radius 3 is 1.86 bits per heavy atom. The SMILES string of the molecule is CCOP(=O)(CN(CO)CO)OCC. The molecule has 2 N–H and O–H groups in total. The highest BCUT2D eigenvalue weighted by molar-refractivity contribution is 7.53. The molecular weight excluding hydrogens is 209 g/mol. The minimum Gasteiger partial charge on any atom is -0.381 e. The third kappa shape index (κ3) is 5.05. The van der Waals surface area contributed by atoms with Crippen LogP contribution in [0.1, 0.15) is 13.8 Å². The molecule has 0 amide bonds. The fourth-order valence-electron chi connectivity index (χ4n) is 0.891. The molecule has 14 heavy (non-hydrogen) atoms. The molecule has 0 aliphatic carbocycles. The lowest BCUT2D eigenvalue weighted by Gasteiger charge is -2.23. The Bertz CT molecular complexity index is 175. The zero-order valence-corrected chi connectivity index (χ0v) is 9.44. The third-order valence-corrected chi connectivity index (χ3v) is 3.47. The molecule has 0 aliphatic heterocycles. The van der Waals surface area contributed by atoms with E-state index in [9.17, 15) is 4.57 Å². The Labute approximate surface area is 84.0 Å². The van der Waals surface area contributed by atoms with E-state index in [0.717, 1.165) is 4.90 Å². The maximum atomic E-state index is 11.8. The van der Waals surface area contributed by atoms with Crippen molar-refractivity contribution in [3.8, 4) is 0 Å². The quantitative estimate of drug-likeness (QED) is 0.462. The van der Waals surface area contributed by atoms with Gasteiger partial charge in [0, 0.05) is 0 Å². The molecule has 0 unspecified atom stereocenters. The lowest BCUT2D eigenvalue weighted by Crippen LogP contribution is -2.27. The molecule has 0 atom stereocenters. The lowest BCUT2D eigenvalue weighted by molar-refractivity contribution is 0.0366. The molecule has 0 heterocycles. The van der Waals surface area contributed by atoms with Crippen molar-refractivity contribution in [1.82, 2.24) is 4.90 Å². The smallest absolute Gasteiger partial charge is 0.344 e. The summed E-state index contributed by atoms with van der Waals surface area (Å²) >= 11 is 0. The van der Waals surface area contributed by atoms with Crippen LogP contribution < -0.4 is 0 Å². The largest absolute Gasteiger partial charge is 0.381 e. The summed E-state index contributed by atoms with van der Waals surface area (Å²) in [7, 11) is -3.20. The molecule has 6 nitrogen and oxygen atoms in total. The average Bonchev–Trinajstić information content (AvgIpc) is 2.15. The number of nitrogens with zero attached hydrogens (tertiary/aromatic N) is 1. The average molecular weight is 227 g/mol. The first-order valence-electron chi connectivity index (χ1n) is 4.44. The predicted octanol–water partition coefficient (Wildman–Crippen LogP) is 0.412. The van der Waals surface area contributed by atoms with Crippen LogP contribution in [0.15, 0.2) is 0 Å². The van der Waals surface area contributed by atoms with Crippen LogP contribution in [0.3, 0.4) is 0 Å². The molecule has 0 spiro atoms. The van der Waals surface area contributed by atoms with Crippen molar-refractivity contribution in [2.45, 2.75) is 13.8 Å². The second kappa shape index (κ2) is 7.34. The van der Waals surface area contributed by atoms with E-state index in [1.165, 1.54) is 0 Å². The van der Waals surface area contributed by atoms with Gasteiger partial charge in [-0.2, -0.15) is 0 Å². The van der Waals surface area contributed by atoms with Gasteiger partial charge in [0.25, 0.3) is 0 Å². The molecule has 0 rings (SSSR count). The van der Waals surface area contributed by atoms with E-state index < -0.39 is 7.60 Å². The summed E-state index contributed by atoms with van der Waals surface area (Å²) in [4.78, 5) is 1.16. The topological polar surface area (TPSA) is 79.2 Å². The molecule has 0 aliphatic rings. The van der Waals surface area contributed by atoms with Gasteiger partial charge in [-0.1, -0.05) is 0 Å². The van der Waals surface area contributed by atoms with Crippen molar-refractivity contribution in [2.75, 3.05) is 33.0 Å². The Hall–Kier alpha value is 0.0300. The van der Waals surface area contributed by atoms with Crippen molar-refractivity contribution in [2.24, 2.45) is 0 Å². The highest BCUT2D eigenvalue weighted by atomic mass is 31.2. The summed E-state index contributed by atoms with van der Waals surface area (Å²) < 4.78 is 21.8. The van der Waals surface area contributed by atoms with Crippen molar-refractivity contribution < 1.29 is 23.8 Å². The highest BCUT2D eigenvalue weighted by Gasteiger charge is 2.26. The minimum absolute atomic E-state index is 0.109. The molecule has 0 fully saturated rings. The summed E-state index contributed by atoms with van der Waals surface area (Å²) in [5.74, 6) is 0. The molecule has 0 aromatic rings. The molecule has 7 heteroatoms. The molecule has 0 saturated carbocycles. The minimum atomic E-state index is -3.20. The van der Waals surface area contributed by atoms with Gasteiger partial charge in [0.1, 0.15) is 6.29 Å². The van der Waals surface area contributed by atoms with Gasteiger partial charge in [-0.15, -0.1) is 0 Å². The van der Waals surface area contributed by atoms with Gasteiger partial charge in [0.2, 0.25) is 0 Å². The van der Waals surface area contributed by atoms with Crippen molar-refractivity contribution in [1.29, 1.82) is 0 Å². The summed E-state index contributed by atoms with van der Waals surface area (Å²) in [5, 5.41) is 17.5. The van der Waals surface area contributed by atoms with Gasteiger partial charge in [-0.3, -0.25) is 4.57 Å². The standard InChI is InChI=1S/C7H18NO5P/c1-3-12-14(11,13-4-2)7-8(5-9)6-10/h9-10H,3-7H2,1-2H3. The fourth-order valence-corrected chi connectivity index (χ4v) is 2.58. The van der Waals surface area contributed by atoms with E-state index >= 15 is 0 Å². The second-order valence-corrected chi connectivity index (χ2v) is 4.56. The van der Waals surface area contributed by atoms with Gasteiger partial charge in [0.05, 0.1) is 26.7 Å². The Morgan fingerprint density at radius 1 is 1.14 bits per heavy atom. The maximum Gasteiger partial charge on any atom is 0.344 e. The van der Waals surface area contributed by atoms with E-state index in [4.69, 9.17) is 19.3 Å². The van der Waals surface area contributed by atoms with E-state index in [1.54, 1.807) is 13.8 Å². The summed E-state index contributed by atoms with van der Waals surface area (Å²) in [6, 6.07) is 0. The first kappa shape index (κ1) is 14.0. The van der Waals surface area contributed by atoms with Crippen LogP contribution in [0.2, 0.25) is 0 Å². The Balaban J connectivity index is 4.26. The maximum absolute atomic E-state index is 11.8. The van der Waals surface area contributed by atoms with Gasteiger partial charge in [-0.05, 0) is 13.8 Å². The molecule has 0 bridgehead atoms. The molecular formula is C7H18NO5P. The van der Waals surface area contributed by atoms with Gasteiger partial charge in [-0.25, -0.2) is 4.90 Å². The normalized spacial score (nSPS) is 12.4. The Morgan fingerprint density at radius 2 is 1.57 bits per heavy atom. The zero-order chi connectivity index (χ0) is 11.0. The van der Waals surface area contributed by atoms with Crippen LogP contribution in [0, 0.1) is 0 Å². The van der Waals surface area contributed by atoms with Crippen LogP contribution in [0.4, 0.5) is 0 Å². The summed E-state index contributed by atoms with van der Waals surface area (Å²) in [6.07, 6.45) is -0.109. The first-order chi connectivity index (χ1) is 6.61. The first-order valence-corrected chi connectivity index (χ1v) is 6.16. The number of rotatable bonds is 8. The van der Waals surface area contributed by atoms with Gasteiger partial charge in [0.15, 0.2) is 0 Å². The fraction of sp³-hybridized carbons (Fsp3) is 1.00. The molecule has 86 valence electrons. The molecule has 0 radical (unpaired) electrons. The van der Waals surface area contributed by atoms with Gasteiger partial charge >= 0.3 is 7.60 Å². The number of aliphatic hydroxyl groups is 2. The van der Waals surface area contributed by atoms with Crippen molar-refractivity contribution in [3.63, 3.8) is 0 Å². The van der Waals surface area contributed by atoms with E-state index in [-0.39, 0.29) is 33.0 Å². The number of aliphatic hydroxyl groups excluding tert-OH is 2. The lowest BCUT2D eigenvalue weighted by atomic mass is 10.9. The summed E-state index contributed by atoms with van der Waals surface area (Å²) in [5.41, 5.74) is 0. The van der Waals surface area contributed by atoms with Crippen LogP contribution >= 0.6 is 7.60 Å². The predicted molar refractivity (Wildman–Crippen MR) is 51.7 cm³/mol. The van der Waals surface area contributed by atoms with Crippen molar-refractivity contribution in [3.05, 3.63) is 0 Å². The second-order valence-electron chi connectivity index (χ2n) is 2.54. The highest BCUT2D eigenvalue weighted by Crippen LogP contribution is 2.48. The van der Waals surface area contributed by atoms with Crippen LogP contribution in [0.25, 0.3) is 0 Å².